The van der Waals surface area contributed by atoms with Crippen molar-refractivity contribution < 1.29 is 23.6 Å². The van der Waals surface area contributed by atoms with E-state index in [0.717, 1.165) is 17.8 Å². The van der Waals surface area contributed by atoms with Gasteiger partial charge in [-0.15, -0.1) is 0 Å². The minimum atomic E-state index is 0. The van der Waals surface area contributed by atoms with Crippen LogP contribution >= 0.6 is 0 Å². The Hall–Kier alpha value is 0.557. The van der Waals surface area contributed by atoms with Gasteiger partial charge in [0.2, 0.25) is 0 Å². The topological polar surface area (TPSA) is 9.23 Å². The van der Waals surface area contributed by atoms with E-state index >= 15 is 0 Å². The Balaban J connectivity index is 0.00000144. The summed E-state index contributed by atoms with van der Waals surface area (Å²) in [7, 11) is 3.58. The average molecular weight is 176 g/mol. The maximum absolute atomic E-state index is 5.29. The van der Waals surface area contributed by atoms with Crippen molar-refractivity contribution in [2.24, 2.45) is 17.8 Å². The molecule has 0 N–H and O–H groups in total. The van der Waals surface area contributed by atoms with E-state index < -0.39 is 0 Å². The van der Waals surface area contributed by atoms with Gasteiger partial charge in [-0.2, -0.15) is 0 Å². The molecule has 3 atom stereocenters. The number of ether oxygens (including phenoxy) is 1. The maximum atomic E-state index is 5.29. The molecule has 0 aliphatic heterocycles. The van der Waals surface area contributed by atoms with Crippen LogP contribution in [0, 0.1) is 24.9 Å². The number of hydrogen-bond donors (Lipinski definition) is 0. The number of rotatable bonds is 2. The van der Waals surface area contributed by atoms with Crippen LogP contribution in [0.1, 0.15) is 40.0 Å². The number of hydrogen-bond acceptors (Lipinski definition) is 1. The average Bonchev–Trinajstić information content (AvgIpc) is 2.03. The van der Waals surface area contributed by atoms with Gasteiger partial charge in [-0.25, -0.2) is 7.11 Å². The Morgan fingerprint density at radius 2 is 1.92 bits per heavy atom. The molecule has 1 aliphatic rings. The largest absolute Gasteiger partial charge is 1.00 e. The quantitative estimate of drug-likeness (QED) is 0.433. The SMILES string of the molecule is [CH2-]O[C@@H]1C[C@H](C)CC[C@H]1C(C)C.[Li+]. The second kappa shape index (κ2) is 6.12. The molecule has 1 fully saturated rings. The smallest absolute Gasteiger partial charge is 0.552 e. The third kappa shape index (κ3) is 3.66. The van der Waals surface area contributed by atoms with Crippen LogP contribution in [-0.2, 0) is 4.74 Å². The fourth-order valence-corrected chi connectivity index (χ4v) is 2.31. The normalized spacial score (nSPS) is 34.4. The summed E-state index contributed by atoms with van der Waals surface area (Å²) in [6.07, 6.45) is 4.29. The van der Waals surface area contributed by atoms with Crippen molar-refractivity contribution in [1.29, 1.82) is 0 Å². The van der Waals surface area contributed by atoms with Gasteiger partial charge >= 0.3 is 18.9 Å². The predicted molar refractivity (Wildman–Crippen MR) is 51.6 cm³/mol. The van der Waals surface area contributed by atoms with Gasteiger partial charge in [-0.05, 0) is 30.6 Å². The summed E-state index contributed by atoms with van der Waals surface area (Å²) in [4.78, 5) is 0. The molecule has 0 radical (unpaired) electrons. The molecule has 2 heteroatoms. The van der Waals surface area contributed by atoms with Gasteiger partial charge in [-0.1, -0.05) is 27.2 Å². The van der Waals surface area contributed by atoms with Crippen LogP contribution in [0.15, 0.2) is 0 Å². The minimum absolute atomic E-state index is 0. The first kappa shape index (κ1) is 13.6. The molecule has 1 aliphatic carbocycles. The third-order valence-corrected chi connectivity index (χ3v) is 3.18. The zero-order valence-electron chi connectivity index (χ0n) is 9.55. The minimum Gasteiger partial charge on any atom is -0.552 e. The van der Waals surface area contributed by atoms with E-state index in [1.54, 1.807) is 0 Å². The molecule has 1 rings (SSSR count). The van der Waals surface area contributed by atoms with Crippen LogP contribution in [0.25, 0.3) is 0 Å². The summed E-state index contributed by atoms with van der Waals surface area (Å²) >= 11 is 0. The molecule has 1 nitrogen and oxygen atoms in total. The molecular weight excluding hydrogens is 155 g/mol. The fourth-order valence-electron chi connectivity index (χ4n) is 2.31. The van der Waals surface area contributed by atoms with E-state index in [1.807, 2.05) is 0 Å². The van der Waals surface area contributed by atoms with Crippen molar-refractivity contribution >= 4 is 0 Å². The van der Waals surface area contributed by atoms with Crippen LogP contribution in [-0.4, -0.2) is 6.10 Å². The van der Waals surface area contributed by atoms with Crippen molar-refractivity contribution in [3.63, 3.8) is 0 Å². The van der Waals surface area contributed by atoms with Gasteiger partial charge in [0.15, 0.2) is 0 Å². The monoisotopic (exact) mass is 176 g/mol. The first-order valence-corrected chi connectivity index (χ1v) is 5.06. The summed E-state index contributed by atoms with van der Waals surface area (Å²) in [6, 6.07) is 0. The molecule has 0 unspecified atom stereocenters. The van der Waals surface area contributed by atoms with Gasteiger partial charge in [0.05, 0.1) is 0 Å². The summed E-state index contributed by atoms with van der Waals surface area (Å²) < 4.78 is 5.29. The van der Waals surface area contributed by atoms with Crippen LogP contribution in [0.3, 0.4) is 0 Å². The molecule has 0 heterocycles. The first-order valence-electron chi connectivity index (χ1n) is 5.06. The van der Waals surface area contributed by atoms with Gasteiger partial charge < -0.3 is 4.74 Å². The Labute approximate surface area is 94.8 Å². The standard InChI is InChI=1S/C11H21O.Li/c1-8(2)10-6-5-9(3)7-11(10)12-4;/h8-11H,4-7H2,1-3H3;/q-1;+1/t9-,10+,11-;/m1./s1. The molecule has 0 aromatic rings. The summed E-state index contributed by atoms with van der Waals surface area (Å²) in [5.41, 5.74) is 0. The van der Waals surface area contributed by atoms with Crippen LogP contribution in [0.4, 0.5) is 0 Å². The summed E-state index contributed by atoms with van der Waals surface area (Å²) in [5.74, 6) is 2.30. The fraction of sp³-hybridized carbons (Fsp3) is 0.909. The second-order valence-electron chi connectivity index (χ2n) is 4.53. The van der Waals surface area contributed by atoms with Crippen LogP contribution in [0.2, 0.25) is 0 Å². The predicted octanol–water partition coefficient (Wildman–Crippen LogP) is 0.259. The van der Waals surface area contributed by atoms with Gasteiger partial charge in [0, 0.05) is 6.10 Å². The van der Waals surface area contributed by atoms with Crippen molar-refractivity contribution in [1.82, 2.24) is 0 Å². The molecule has 0 bridgehead atoms. The van der Waals surface area contributed by atoms with Gasteiger partial charge in [-0.3, -0.25) is 0 Å². The summed E-state index contributed by atoms with van der Waals surface area (Å²) in [5, 5.41) is 0. The van der Waals surface area contributed by atoms with E-state index in [1.165, 1.54) is 19.3 Å². The molecule has 72 valence electrons. The van der Waals surface area contributed by atoms with Gasteiger partial charge in [0.25, 0.3) is 0 Å². The van der Waals surface area contributed by atoms with Crippen LogP contribution < -0.4 is 18.9 Å². The Morgan fingerprint density at radius 3 is 2.38 bits per heavy atom. The van der Waals surface area contributed by atoms with Crippen molar-refractivity contribution in [2.75, 3.05) is 0 Å². The zero-order valence-corrected chi connectivity index (χ0v) is 9.55. The first-order chi connectivity index (χ1) is 5.65. The molecule has 0 saturated heterocycles. The van der Waals surface area contributed by atoms with E-state index in [-0.39, 0.29) is 18.9 Å². The molecule has 0 aromatic carbocycles. The Morgan fingerprint density at radius 1 is 1.31 bits per heavy atom. The van der Waals surface area contributed by atoms with E-state index in [2.05, 4.69) is 27.9 Å². The molecular formula is C11H21LiO. The zero-order chi connectivity index (χ0) is 9.14. The summed E-state index contributed by atoms with van der Waals surface area (Å²) in [6.45, 7) is 6.88. The molecule has 13 heavy (non-hydrogen) atoms. The van der Waals surface area contributed by atoms with Crippen molar-refractivity contribution in [3.8, 4) is 0 Å². The van der Waals surface area contributed by atoms with Gasteiger partial charge in [0.1, 0.15) is 0 Å². The maximum Gasteiger partial charge on any atom is 1.00 e. The van der Waals surface area contributed by atoms with E-state index in [0.29, 0.717) is 6.10 Å². The molecule has 0 spiro atoms. The Kier molecular flexibility index (Phi) is 6.38. The van der Waals surface area contributed by atoms with Crippen LogP contribution in [0.5, 0.6) is 0 Å². The van der Waals surface area contributed by atoms with E-state index in [9.17, 15) is 0 Å². The van der Waals surface area contributed by atoms with Crippen molar-refractivity contribution in [3.05, 3.63) is 7.11 Å². The molecule has 1 saturated carbocycles. The van der Waals surface area contributed by atoms with E-state index in [4.69, 9.17) is 4.74 Å². The third-order valence-electron chi connectivity index (χ3n) is 3.18. The molecule has 0 amide bonds. The second-order valence-corrected chi connectivity index (χ2v) is 4.53. The Bertz CT molecular complexity index is 136. The molecule has 0 aromatic heterocycles. The van der Waals surface area contributed by atoms with Crippen molar-refractivity contribution in [2.45, 2.75) is 46.1 Å².